The van der Waals surface area contributed by atoms with Crippen molar-refractivity contribution >= 4 is 11.6 Å². The van der Waals surface area contributed by atoms with Crippen LogP contribution in [0.3, 0.4) is 0 Å². The van der Waals surface area contributed by atoms with Crippen molar-refractivity contribution < 1.29 is 13.9 Å². The molecule has 1 atom stereocenters. The van der Waals surface area contributed by atoms with Crippen LogP contribution in [-0.2, 0) is 4.79 Å². The summed E-state index contributed by atoms with van der Waals surface area (Å²) in [7, 11) is 1.59. The maximum absolute atomic E-state index is 14.3. The second kappa shape index (κ2) is 24.1. The van der Waals surface area contributed by atoms with Crippen molar-refractivity contribution in [3.63, 3.8) is 0 Å². The third-order valence-electron chi connectivity index (χ3n) is 7.40. The van der Waals surface area contributed by atoms with Gasteiger partial charge >= 0.3 is 0 Å². The lowest BCUT2D eigenvalue weighted by atomic mass is 9.90. The van der Waals surface area contributed by atoms with Crippen molar-refractivity contribution in [2.75, 3.05) is 13.7 Å². The topological polar surface area (TPSA) is 83.2 Å². The number of benzene rings is 1. The number of rotatable bonds is 13. The van der Waals surface area contributed by atoms with E-state index < -0.39 is 0 Å². The predicted octanol–water partition coefficient (Wildman–Crippen LogP) is 11.1. The van der Waals surface area contributed by atoms with Crippen LogP contribution in [0.25, 0.3) is 5.70 Å². The fourth-order valence-corrected chi connectivity index (χ4v) is 4.93. The normalized spacial score (nSPS) is 12.2. The molecule has 0 bridgehead atoms. The number of methoxy groups -OCH3 is 1. The number of halogens is 1. The molecular weight excluding hydrogens is 613 g/mol. The van der Waals surface area contributed by atoms with E-state index in [-0.39, 0.29) is 29.1 Å². The lowest BCUT2D eigenvalue weighted by Gasteiger charge is -2.33. The van der Waals surface area contributed by atoms with Crippen LogP contribution in [0.2, 0.25) is 0 Å². The molecule has 7 nitrogen and oxygen atoms in total. The van der Waals surface area contributed by atoms with E-state index in [1.165, 1.54) is 12.1 Å². The smallest absolute Gasteiger partial charge is 0.225 e. The Balaban J connectivity index is 0. The van der Waals surface area contributed by atoms with Crippen LogP contribution in [0.1, 0.15) is 128 Å². The Bertz CT molecular complexity index is 1410. The Labute approximate surface area is 298 Å². The molecule has 0 aliphatic rings. The summed E-state index contributed by atoms with van der Waals surface area (Å²) >= 11 is 0. The number of allylic oxidation sites excluding steroid dienone is 6. The van der Waals surface area contributed by atoms with Crippen LogP contribution in [0.5, 0.6) is 5.75 Å². The molecule has 1 amide bonds. The third-order valence-corrected chi connectivity index (χ3v) is 7.40. The van der Waals surface area contributed by atoms with Gasteiger partial charge in [0.25, 0.3) is 0 Å². The molecule has 1 N–H and O–H groups in total. The van der Waals surface area contributed by atoms with Gasteiger partial charge in [0.2, 0.25) is 5.91 Å². The second-order valence-electron chi connectivity index (χ2n) is 12.8. The summed E-state index contributed by atoms with van der Waals surface area (Å²) in [5, 5.41) is 16.3. The molecule has 0 aliphatic carbocycles. The Morgan fingerprint density at radius 1 is 1.10 bits per heavy atom. The highest BCUT2D eigenvalue weighted by molar-refractivity contribution is 5.81. The maximum Gasteiger partial charge on any atom is 0.225 e. The van der Waals surface area contributed by atoms with Crippen molar-refractivity contribution in [3.05, 3.63) is 89.3 Å². The molecule has 1 aromatic heterocycles. The number of unbranched alkanes of at least 4 members (excludes halogenated alkanes) is 1. The van der Waals surface area contributed by atoms with Crippen molar-refractivity contribution in [1.29, 1.82) is 5.26 Å². The van der Waals surface area contributed by atoms with E-state index in [1.54, 1.807) is 19.4 Å². The van der Waals surface area contributed by atoms with E-state index in [1.807, 2.05) is 100 Å². The first-order chi connectivity index (χ1) is 23.0. The predicted molar refractivity (Wildman–Crippen MR) is 206 cm³/mol. The van der Waals surface area contributed by atoms with E-state index in [9.17, 15) is 9.18 Å². The summed E-state index contributed by atoms with van der Waals surface area (Å²) in [5.41, 5.74) is 6.44. The zero-order valence-corrected chi connectivity index (χ0v) is 33.3. The van der Waals surface area contributed by atoms with Gasteiger partial charge in [0, 0.05) is 71.0 Å². The van der Waals surface area contributed by atoms with Gasteiger partial charge in [-0.05, 0) is 96.7 Å². The van der Waals surface area contributed by atoms with Gasteiger partial charge in [0.1, 0.15) is 11.6 Å². The average molecular weight is 680 g/mol. The summed E-state index contributed by atoms with van der Waals surface area (Å²) in [4.78, 5) is 13.3. The van der Waals surface area contributed by atoms with E-state index >= 15 is 0 Å². The molecule has 1 heterocycles. The van der Waals surface area contributed by atoms with Gasteiger partial charge in [0.05, 0.1) is 13.2 Å². The van der Waals surface area contributed by atoms with Crippen LogP contribution < -0.4 is 10.1 Å². The van der Waals surface area contributed by atoms with Crippen molar-refractivity contribution in [2.24, 2.45) is 5.41 Å². The molecule has 49 heavy (non-hydrogen) atoms. The van der Waals surface area contributed by atoms with Gasteiger partial charge in [-0.3, -0.25) is 4.79 Å². The fourth-order valence-electron chi connectivity index (χ4n) is 4.93. The number of ether oxygens (including phenoxy) is 1. The third kappa shape index (κ3) is 16.2. The molecule has 0 saturated heterocycles. The molecule has 0 spiro atoms. The molecule has 0 radical (unpaired) electrons. The van der Waals surface area contributed by atoms with Crippen LogP contribution in [0.4, 0.5) is 4.39 Å². The number of amides is 1. The van der Waals surface area contributed by atoms with Gasteiger partial charge < -0.3 is 15.0 Å². The SMILES string of the molecule is C=C(C)C(/C(C)=C(\C)n1cccn1)=C(/C)N(C[C@H](CCCC#N)c1cc(F)ccc1OC)C(=C)C.CC.CC.CC(C)NC(=O)C(C)(C)C. The number of aromatic nitrogens is 2. The number of hydrogen-bond acceptors (Lipinski definition) is 5. The minimum Gasteiger partial charge on any atom is -0.496 e. The Kier molecular flexibility index (Phi) is 23.1. The fraction of sp³-hybridized carbons (Fsp3) is 0.537. The number of nitrogens with zero attached hydrogens (tertiary/aromatic N) is 4. The lowest BCUT2D eigenvalue weighted by molar-refractivity contribution is -0.129. The first-order valence-electron chi connectivity index (χ1n) is 17.4. The minimum atomic E-state index is -0.309. The van der Waals surface area contributed by atoms with Gasteiger partial charge in [0.15, 0.2) is 0 Å². The largest absolute Gasteiger partial charge is 0.496 e. The summed E-state index contributed by atoms with van der Waals surface area (Å²) in [6.07, 6.45) is 5.54. The molecule has 8 heteroatoms. The van der Waals surface area contributed by atoms with Crippen LogP contribution in [-0.4, -0.2) is 40.3 Å². The van der Waals surface area contributed by atoms with Crippen LogP contribution in [0.15, 0.2) is 77.9 Å². The number of nitrogens with one attached hydrogen (secondary N) is 1. The molecule has 0 saturated carbocycles. The lowest BCUT2D eigenvalue weighted by Crippen LogP contribution is -2.38. The highest BCUT2D eigenvalue weighted by atomic mass is 19.1. The minimum absolute atomic E-state index is 0.0662. The molecule has 0 unspecified atom stereocenters. The van der Waals surface area contributed by atoms with E-state index in [0.717, 1.165) is 39.4 Å². The highest BCUT2D eigenvalue weighted by Gasteiger charge is 2.24. The first kappa shape index (κ1) is 47.0. The number of carbonyl (C=O) groups is 1. The monoisotopic (exact) mass is 680 g/mol. The van der Waals surface area contributed by atoms with Gasteiger partial charge in [-0.25, -0.2) is 9.07 Å². The van der Waals surface area contributed by atoms with Gasteiger partial charge in [-0.1, -0.05) is 61.6 Å². The number of hydrogen-bond donors (Lipinski definition) is 1. The maximum atomic E-state index is 14.3. The second-order valence-corrected chi connectivity index (χ2v) is 12.8. The van der Waals surface area contributed by atoms with Gasteiger partial charge in [-0.2, -0.15) is 10.4 Å². The zero-order chi connectivity index (χ0) is 38.5. The van der Waals surface area contributed by atoms with Crippen molar-refractivity contribution in [2.45, 2.75) is 128 Å². The Hall–Kier alpha value is -4.12. The highest BCUT2D eigenvalue weighted by Crippen LogP contribution is 2.35. The molecule has 0 aliphatic heterocycles. The summed E-state index contributed by atoms with van der Waals surface area (Å²) < 4.78 is 21.7. The Morgan fingerprint density at radius 2 is 1.69 bits per heavy atom. The van der Waals surface area contributed by atoms with Crippen LogP contribution >= 0.6 is 0 Å². The summed E-state index contributed by atoms with van der Waals surface area (Å²) in [6.45, 7) is 36.8. The van der Waals surface area contributed by atoms with Crippen molar-refractivity contribution in [1.82, 2.24) is 20.0 Å². The molecule has 274 valence electrons. The van der Waals surface area contributed by atoms with Crippen LogP contribution in [0, 0.1) is 22.6 Å². The van der Waals surface area contributed by atoms with E-state index in [2.05, 4.69) is 48.4 Å². The number of carbonyl (C=O) groups excluding carboxylic acids is 1. The average Bonchev–Trinajstić information content (AvgIpc) is 3.59. The molecular formula is C41H66FN5O2. The standard InChI is InChI=1S/C29H37FN4O.C8H17NO.2C2H6/c1-20(2)29(22(5)23(6)34-17-11-16-32-34)24(7)33(21(3)4)19-25(12-9-10-15-31)27-18-26(30)13-14-28(27)35-8;1-6(2)9-7(10)8(3,4)5;2*1-2/h11,13-14,16-18,25H,1,3,9-10,12,19H2,2,4-8H3;6H,1-5H3,(H,9,10);2*1-2H3/b23-22+,29-24+;;;/t25-;;;/m0.../s1. The van der Waals surface area contributed by atoms with Gasteiger partial charge in [-0.15, -0.1) is 0 Å². The molecule has 2 aromatic rings. The Morgan fingerprint density at radius 3 is 2.10 bits per heavy atom. The first-order valence-corrected chi connectivity index (χ1v) is 17.4. The zero-order valence-electron chi connectivity index (χ0n) is 33.3. The van der Waals surface area contributed by atoms with E-state index in [0.29, 0.717) is 31.6 Å². The van der Waals surface area contributed by atoms with Crippen molar-refractivity contribution in [3.8, 4) is 11.8 Å². The summed E-state index contributed by atoms with van der Waals surface area (Å²) in [6, 6.07) is 8.96. The molecule has 0 fully saturated rings. The molecule has 2 rings (SSSR count). The summed E-state index contributed by atoms with van der Waals surface area (Å²) in [5.74, 6) is 0.380. The number of nitriles is 1. The van der Waals surface area contributed by atoms with E-state index in [4.69, 9.17) is 10.00 Å². The molecule has 1 aromatic carbocycles. The quantitative estimate of drug-likeness (QED) is 0.168.